The normalized spacial score (nSPS) is 19.8. The molecule has 1 saturated heterocycles. The summed E-state index contributed by atoms with van der Waals surface area (Å²) in [5.41, 5.74) is 1.05. The van der Waals surface area contributed by atoms with E-state index >= 15 is 0 Å². The Morgan fingerprint density at radius 1 is 1.42 bits per heavy atom. The summed E-state index contributed by atoms with van der Waals surface area (Å²) in [7, 11) is 0. The van der Waals surface area contributed by atoms with Crippen molar-refractivity contribution in [1.29, 1.82) is 0 Å². The first kappa shape index (κ1) is 12.6. The molecule has 0 aliphatic carbocycles. The number of likely N-dealkylation sites (tertiary alicyclic amines) is 1. The van der Waals surface area contributed by atoms with Gasteiger partial charge in [-0.1, -0.05) is 19.1 Å². The van der Waals surface area contributed by atoms with Crippen LogP contribution in [-0.2, 0) is 4.79 Å². The van der Waals surface area contributed by atoms with Crippen molar-refractivity contribution in [3.63, 3.8) is 0 Å². The Balaban J connectivity index is 1.95. The van der Waals surface area contributed by atoms with Crippen LogP contribution in [0.3, 0.4) is 0 Å². The van der Waals surface area contributed by atoms with E-state index in [4.69, 9.17) is 4.98 Å². The number of nitrogens with zero attached hydrogens (tertiary/aromatic N) is 2. The minimum Gasteiger partial charge on any atom is -0.333 e. The quantitative estimate of drug-likeness (QED) is 0.835. The van der Waals surface area contributed by atoms with Crippen molar-refractivity contribution in [3.8, 4) is 0 Å². The third-order valence-corrected chi connectivity index (χ3v) is 4.86. The highest BCUT2D eigenvalue weighted by Crippen LogP contribution is 2.35. The third-order valence-electron chi connectivity index (χ3n) is 3.72. The van der Waals surface area contributed by atoms with Gasteiger partial charge in [0.1, 0.15) is 5.01 Å². The number of aromatic nitrogens is 1. The van der Waals surface area contributed by atoms with Crippen molar-refractivity contribution in [2.45, 2.75) is 38.6 Å². The van der Waals surface area contributed by atoms with Crippen LogP contribution in [0.1, 0.15) is 43.7 Å². The smallest absolute Gasteiger partial charge is 0.222 e. The number of amides is 1. The Morgan fingerprint density at radius 3 is 3.05 bits per heavy atom. The van der Waals surface area contributed by atoms with Crippen molar-refractivity contribution in [3.05, 3.63) is 29.3 Å². The van der Waals surface area contributed by atoms with Crippen LogP contribution in [0.4, 0.5) is 0 Å². The molecular formula is C15H18N2OS. The van der Waals surface area contributed by atoms with Crippen LogP contribution < -0.4 is 0 Å². The van der Waals surface area contributed by atoms with E-state index in [1.165, 1.54) is 11.1 Å². The van der Waals surface area contributed by atoms with E-state index in [1.807, 2.05) is 30.0 Å². The lowest BCUT2D eigenvalue weighted by atomic mass is 10.0. The number of benzene rings is 1. The molecule has 100 valence electrons. The number of para-hydroxylation sites is 1. The molecule has 0 saturated carbocycles. The van der Waals surface area contributed by atoms with Crippen molar-refractivity contribution in [2.24, 2.45) is 0 Å². The second-order valence-corrected chi connectivity index (χ2v) is 6.03. The molecule has 0 N–H and O–H groups in total. The Hall–Kier alpha value is -1.42. The van der Waals surface area contributed by atoms with E-state index in [-0.39, 0.29) is 11.9 Å². The molecule has 4 heteroatoms. The molecule has 0 spiro atoms. The first-order valence-electron chi connectivity index (χ1n) is 6.94. The van der Waals surface area contributed by atoms with Gasteiger partial charge in [-0.3, -0.25) is 4.79 Å². The minimum absolute atomic E-state index is 0.193. The number of carbonyl (C=O) groups excluding carboxylic acids is 1. The lowest BCUT2D eigenvalue weighted by Gasteiger charge is -2.34. The molecule has 3 nitrogen and oxygen atoms in total. The van der Waals surface area contributed by atoms with Gasteiger partial charge in [-0.25, -0.2) is 4.98 Å². The second-order valence-electron chi connectivity index (χ2n) is 4.97. The molecular weight excluding hydrogens is 256 g/mol. The van der Waals surface area contributed by atoms with Gasteiger partial charge in [-0.2, -0.15) is 0 Å². The zero-order valence-corrected chi connectivity index (χ0v) is 11.9. The topological polar surface area (TPSA) is 33.2 Å². The molecule has 1 aromatic heterocycles. The highest BCUT2D eigenvalue weighted by molar-refractivity contribution is 7.18. The molecule has 0 bridgehead atoms. The van der Waals surface area contributed by atoms with Crippen molar-refractivity contribution >= 4 is 27.5 Å². The fourth-order valence-electron chi connectivity index (χ4n) is 2.72. The average molecular weight is 274 g/mol. The van der Waals surface area contributed by atoms with E-state index < -0.39 is 0 Å². The summed E-state index contributed by atoms with van der Waals surface area (Å²) in [6.45, 7) is 2.82. The summed E-state index contributed by atoms with van der Waals surface area (Å²) in [4.78, 5) is 18.8. The highest BCUT2D eigenvalue weighted by atomic mass is 32.1. The van der Waals surface area contributed by atoms with Gasteiger partial charge in [0.05, 0.1) is 16.3 Å². The van der Waals surface area contributed by atoms with Crippen LogP contribution in [0.5, 0.6) is 0 Å². The zero-order chi connectivity index (χ0) is 13.2. The summed E-state index contributed by atoms with van der Waals surface area (Å²) in [6, 6.07) is 8.40. The van der Waals surface area contributed by atoms with Gasteiger partial charge < -0.3 is 4.90 Å². The summed E-state index contributed by atoms with van der Waals surface area (Å²) in [5.74, 6) is 0.254. The Labute approximate surface area is 117 Å². The Bertz CT molecular complexity index is 560. The molecule has 19 heavy (non-hydrogen) atoms. The van der Waals surface area contributed by atoms with Gasteiger partial charge in [-0.15, -0.1) is 11.3 Å². The predicted molar refractivity (Wildman–Crippen MR) is 78.2 cm³/mol. The minimum atomic E-state index is 0.193. The number of rotatable bonds is 2. The number of thiazole rings is 1. The molecule has 1 aliphatic heterocycles. The molecule has 1 atom stereocenters. The first-order valence-corrected chi connectivity index (χ1v) is 7.76. The lowest BCUT2D eigenvalue weighted by Crippen LogP contribution is -2.38. The summed E-state index contributed by atoms with van der Waals surface area (Å²) < 4.78 is 1.21. The van der Waals surface area contributed by atoms with E-state index in [0.29, 0.717) is 6.42 Å². The number of fused-ring (bicyclic) bond motifs is 1. The standard InChI is InChI=1S/C15H18N2OS/c1-2-14(18)17-10-6-5-8-12(17)15-16-11-7-3-4-9-13(11)19-15/h3-4,7,9,12H,2,5-6,8,10H2,1H3. The molecule has 2 heterocycles. The molecule has 3 rings (SSSR count). The van der Waals surface area contributed by atoms with Crippen LogP contribution >= 0.6 is 11.3 Å². The van der Waals surface area contributed by atoms with Crippen LogP contribution in [0.2, 0.25) is 0 Å². The Kier molecular flexibility index (Phi) is 3.51. The van der Waals surface area contributed by atoms with E-state index in [9.17, 15) is 4.79 Å². The number of carbonyl (C=O) groups is 1. The van der Waals surface area contributed by atoms with E-state index in [0.717, 1.165) is 29.9 Å². The zero-order valence-electron chi connectivity index (χ0n) is 11.1. The van der Waals surface area contributed by atoms with Crippen LogP contribution in [0.25, 0.3) is 10.2 Å². The Morgan fingerprint density at radius 2 is 2.26 bits per heavy atom. The second kappa shape index (κ2) is 5.29. The first-order chi connectivity index (χ1) is 9.29. The number of hydrogen-bond acceptors (Lipinski definition) is 3. The molecule has 1 fully saturated rings. The van der Waals surface area contributed by atoms with E-state index in [1.54, 1.807) is 11.3 Å². The number of hydrogen-bond donors (Lipinski definition) is 0. The monoisotopic (exact) mass is 274 g/mol. The largest absolute Gasteiger partial charge is 0.333 e. The van der Waals surface area contributed by atoms with Gasteiger partial charge in [0.2, 0.25) is 5.91 Å². The van der Waals surface area contributed by atoms with E-state index in [2.05, 4.69) is 6.07 Å². The highest BCUT2D eigenvalue weighted by Gasteiger charge is 2.29. The van der Waals surface area contributed by atoms with Gasteiger partial charge >= 0.3 is 0 Å². The fourth-order valence-corrected chi connectivity index (χ4v) is 3.84. The molecule has 0 radical (unpaired) electrons. The molecule has 1 aliphatic rings. The van der Waals surface area contributed by atoms with Crippen LogP contribution in [-0.4, -0.2) is 22.3 Å². The molecule has 1 unspecified atom stereocenters. The summed E-state index contributed by atoms with van der Waals surface area (Å²) in [6.07, 6.45) is 3.94. The van der Waals surface area contributed by atoms with Crippen molar-refractivity contribution in [1.82, 2.24) is 9.88 Å². The maximum absolute atomic E-state index is 12.1. The molecule has 2 aromatic rings. The van der Waals surface area contributed by atoms with Crippen LogP contribution in [0.15, 0.2) is 24.3 Å². The summed E-state index contributed by atoms with van der Waals surface area (Å²) in [5, 5.41) is 1.10. The van der Waals surface area contributed by atoms with Crippen molar-refractivity contribution in [2.75, 3.05) is 6.54 Å². The lowest BCUT2D eigenvalue weighted by molar-refractivity contribution is -0.134. The molecule has 1 amide bonds. The van der Waals surface area contributed by atoms with Crippen molar-refractivity contribution < 1.29 is 4.79 Å². The van der Waals surface area contributed by atoms with Gasteiger partial charge in [0.15, 0.2) is 0 Å². The molecule has 1 aromatic carbocycles. The van der Waals surface area contributed by atoms with Crippen LogP contribution in [0, 0.1) is 0 Å². The summed E-state index contributed by atoms with van der Waals surface area (Å²) >= 11 is 1.73. The predicted octanol–water partition coefficient (Wildman–Crippen LogP) is 3.76. The van der Waals surface area contributed by atoms with Gasteiger partial charge in [0.25, 0.3) is 0 Å². The maximum Gasteiger partial charge on any atom is 0.222 e. The maximum atomic E-state index is 12.1. The third kappa shape index (κ3) is 2.37. The average Bonchev–Trinajstić information content (AvgIpc) is 2.90. The SMILES string of the molecule is CCC(=O)N1CCCCC1c1nc2ccccc2s1. The number of piperidine rings is 1. The van der Waals surface area contributed by atoms with Gasteiger partial charge in [-0.05, 0) is 31.4 Å². The van der Waals surface area contributed by atoms with Gasteiger partial charge in [0, 0.05) is 13.0 Å². The fraction of sp³-hybridized carbons (Fsp3) is 0.467.